The second-order valence-corrected chi connectivity index (χ2v) is 3.79. The molecule has 1 aromatic carbocycles. The predicted molar refractivity (Wildman–Crippen MR) is 50.1 cm³/mol. The first-order chi connectivity index (χ1) is 5.91. The van der Waals surface area contributed by atoms with Crippen LogP contribution in [0.1, 0.15) is 24.8 Å². The van der Waals surface area contributed by atoms with E-state index < -0.39 is 0 Å². The average molecular weight is 157 g/mol. The third-order valence-electron chi connectivity index (χ3n) is 3.14. The molecule has 2 aliphatic rings. The smallest absolute Gasteiger partial charge is 0.0667 e. The van der Waals surface area contributed by atoms with Gasteiger partial charge in [-0.25, -0.2) is 0 Å². The van der Waals surface area contributed by atoms with Crippen molar-refractivity contribution in [3.63, 3.8) is 0 Å². The largest absolute Gasteiger partial charge is 0.260 e. The molecule has 1 nitrogen and oxygen atoms in total. The summed E-state index contributed by atoms with van der Waals surface area (Å²) in [6.45, 7) is 0. The summed E-state index contributed by atoms with van der Waals surface area (Å²) in [4.78, 5) is 4.45. The van der Waals surface area contributed by atoms with E-state index in [2.05, 4.69) is 35.5 Å². The Kier molecular flexibility index (Phi) is 1.06. The fourth-order valence-electron chi connectivity index (χ4n) is 2.23. The van der Waals surface area contributed by atoms with Crippen molar-refractivity contribution in [2.24, 2.45) is 4.99 Å². The number of aliphatic imine (C=N–C) groups is 1. The first kappa shape index (κ1) is 6.41. The molecular weight excluding hydrogens is 146 g/mol. The SMILES string of the molecule is C1=Nc2ccccc2C12CCC2. The van der Waals surface area contributed by atoms with Gasteiger partial charge in [0.15, 0.2) is 0 Å². The number of rotatable bonds is 0. The average Bonchev–Trinajstić information content (AvgIpc) is 2.42. The van der Waals surface area contributed by atoms with Crippen LogP contribution in [0.3, 0.4) is 0 Å². The van der Waals surface area contributed by atoms with Gasteiger partial charge in [-0.3, -0.25) is 4.99 Å². The van der Waals surface area contributed by atoms with Gasteiger partial charge >= 0.3 is 0 Å². The number of fused-ring (bicyclic) bond motifs is 2. The molecule has 1 saturated carbocycles. The Bertz CT molecular complexity index is 348. The molecule has 1 heteroatoms. The first-order valence-electron chi connectivity index (χ1n) is 4.55. The number of benzene rings is 1. The third kappa shape index (κ3) is 0.619. The van der Waals surface area contributed by atoms with Gasteiger partial charge in [-0.1, -0.05) is 24.6 Å². The van der Waals surface area contributed by atoms with Crippen molar-refractivity contribution in [1.82, 2.24) is 0 Å². The van der Waals surface area contributed by atoms with Crippen LogP contribution in [0.5, 0.6) is 0 Å². The third-order valence-corrected chi connectivity index (χ3v) is 3.14. The van der Waals surface area contributed by atoms with Gasteiger partial charge in [0.1, 0.15) is 0 Å². The van der Waals surface area contributed by atoms with Crippen LogP contribution in [0.2, 0.25) is 0 Å². The van der Waals surface area contributed by atoms with Crippen LogP contribution in [-0.4, -0.2) is 6.21 Å². The van der Waals surface area contributed by atoms with Crippen LogP contribution in [0.15, 0.2) is 29.3 Å². The maximum Gasteiger partial charge on any atom is 0.0667 e. The molecule has 12 heavy (non-hydrogen) atoms. The minimum absolute atomic E-state index is 0.358. The van der Waals surface area contributed by atoms with Crippen molar-refractivity contribution < 1.29 is 0 Å². The molecular formula is C11H11N. The monoisotopic (exact) mass is 157 g/mol. The van der Waals surface area contributed by atoms with Gasteiger partial charge in [-0.2, -0.15) is 0 Å². The lowest BCUT2D eigenvalue weighted by Crippen LogP contribution is -2.33. The molecule has 1 aliphatic carbocycles. The lowest BCUT2D eigenvalue weighted by Gasteiger charge is -2.36. The Balaban J connectivity index is 2.19. The summed E-state index contributed by atoms with van der Waals surface area (Å²) in [5.74, 6) is 0. The number of hydrogen-bond donors (Lipinski definition) is 0. The van der Waals surface area contributed by atoms with Gasteiger partial charge in [0.25, 0.3) is 0 Å². The lowest BCUT2D eigenvalue weighted by molar-refractivity contribution is 0.354. The van der Waals surface area contributed by atoms with Crippen LogP contribution >= 0.6 is 0 Å². The van der Waals surface area contributed by atoms with Gasteiger partial charge < -0.3 is 0 Å². The van der Waals surface area contributed by atoms with Crippen molar-refractivity contribution in [2.75, 3.05) is 0 Å². The number of hydrogen-bond acceptors (Lipinski definition) is 1. The summed E-state index contributed by atoms with van der Waals surface area (Å²) in [7, 11) is 0. The number of nitrogens with zero attached hydrogens (tertiary/aromatic N) is 1. The maximum absolute atomic E-state index is 4.45. The molecule has 3 rings (SSSR count). The molecule has 0 unspecified atom stereocenters. The zero-order valence-electron chi connectivity index (χ0n) is 6.96. The summed E-state index contributed by atoms with van der Waals surface area (Å²) in [5, 5.41) is 0. The summed E-state index contributed by atoms with van der Waals surface area (Å²) in [6.07, 6.45) is 6.11. The predicted octanol–water partition coefficient (Wildman–Crippen LogP) is 2.82. The van der Waals surface area contributed by atoms with Gasteiger partial charge in [0.2, 0.25) is 0 Å². The maximum atomic E-state index is 4.45. The van der Waals surface area contributed by atoms with Gasteiger partial charge in [0.05, 0.1) is 5.69 Å². The molecule has 1 spiro atoms. The van der Waals surface area contributed by atoms with Gasteiger partial charge in [-0.05, 0) is 24.5 Å². The molecule has 1 heterocycles. The summed E-state index contributed by atoms with van der Waals surface area (Å²) < 4.78 is 0. The van der Waals surface area contributed by atoms with Crippen LogP contribution in [-0.2, 0) is 5.41 Å². The highest BCUT2D eigenvalue weighted by Gasteiger charge is 2.41. The van der Waals surface area contributed by atoms with E-state index in [1.807, 2.05) is 0 Å². The minimum Gasteiger partial charge on any atom is -0.260 e. The molecule has 0 atom stereocenters. The van der Waals surface area contributed by atoms with E-state index in [1.165, 1.54) is 30.5 Å². The second-order valence-electron chi connectivity index (χ2n) is 3.79. The molecule has 0 bridgehead atoms. The quantitative estimate of drug-likeness (QED) is 0.549. The second kappa shape index (κ2) is 1.98. The normalized spacial score (nSPS) is 22.3. The molecule has 1 aromatic rings. The Hall–Kier alpha value is -1.11. The molecule has 60 valence electrons. The van der Waals surface area contributed by atoms with E-state index >= 15 is 0 Å². The van der Waals surface area contributed by atoms with Gasteiger partial charge in [0, 0.05) is 11.6 Å². The Labute approximate surface area is 72.1 Å². The first-order valence-corrected chi connectivity index (χ1v) is 4.55. The van der Waals surface area contributed by atoms with E-state index in [-0.39, 0.29) is 0 Å². The molecule has 0 aromatic heterocycles. The topological polar surface area (TPSA) is 12.4 Å². The van der Waals surface area contributed by atoms with E-state index in [9.17, 15) is 0 Å². The molecule has 0 amide bonds. The standard InChI is InChI=1S/C11H11N/c1-2-5-10-9(4-1)11(8-12-10)6-3-7-11/h1-2,4-5,8H,3,6-7H2. The minimum atomic E-state index is 0.358. The van der Waals surface area contributed by atoms with Crippen molar-refractivity contribution >= 4 is 11.9 Å². The number of para-hydroxylation sites is 1. The fourth-order valence-corrected chi connectivity index (χ4v) is 2.23. The zero-order chi connectivity index (χ0) is 8.02. The highest BCUT2D eigenvalue weighted by molar-refractivity contribution is 5.86. The van der Waals surface area contributed by atoms with E-state index in [1.54, 1.807) is 0 Å². The summed E-state index contributed by atoms with van der Waals surface area (Å²) in [5.41, 5.74) is 3.00. The lowest BCUT2D eigenvalue weighted by atomic mass is 9.66. The zero-order valence-corrected chi connectivity index (χ0v) is 6.96. The molecule has 0 radical (unpaired) electrons. The Morgan fingerprint density at radius 3 is 2.75 bits per heavy atom. The van der Waals surface area contributed by atoms with Crippen LogP contribution in [0.4, 0.5) is 5.69 Å². The molecule has 1 aliphatic heterocycles. The van der Waals surface area contributed by atoms with Crippen molar-refractivity contribution in [3.05, 3.63) is 29.8 Å². The van der Waals surface area contributed by atoms with Crippen molar-refractivity contribution in [3.8, 4) is 0 Å². The van der Waals surface area contributed by atoms with Crippen molar-refractivity contribution in [1.29, 1.82) is 0 Å². The van der Waals surface area contributed by atoms with Crippen molar-refractivity contribution in [2.45, 2.75) is 24.7 Å². The van der Waals surface area contributed by atoms with Crippen LogP contribution in [0, 0.1) is 0 Å². The van der Waals surface area contributed by atoms with E-state index in [0.717, 1.165) is 0 Å². The van der Waals surface area contributed by atoms with E-state index in [0.29, 0.717) is 5.41 Å². The highest BCUT2D eigenvalue weighted by atomic mass is 14.8. The molecule has 0 N–H and O–H groups in total. The summed E-state index contributed by atoms with van der Waals surface area (Å²) in [6, 6.07) is 8.52. The van der Waals surface area contributed by atoms with Crippen LogP contribution < -0.4 is 0 Å². The van der Waals surface area contributed by atoms with Gasteiger partial charge in [-0.15, -0.1) is 0 Å². The molecule has 1 fully saturated rings. The Morgan fingerprint density at radius 2 is 2.00 bits per heavy atom. The Morgan fingerprint density at radius 1 is 1.17 bits per heavy atom. The summed E-state index contributed by atoms with van der Waals surface area (Å²) >= 11 is 0. The van der Waals surface area contributed by atoms with Crippen LogP contribution in [0.25, 0.3) is 0 Å². The van der Waals surface area contributed by atoms with E-state index in [4.69, 9.17) is 0 Å². The fraction of sp³-hybridized carbons (Fsp3) is 0.364. The molecule has 0 saturated heterocycles. The highest BCUT2D eigenvalue weighted by Crippen LogP contribution is 2.49.